The van der Waals surface area contributed by atoms with Crippen molar-refractivity contribution in [1.82, 2.24) is 4.90 Å². The first-order valence-electron chi connectivity index (χ1n) is 13.0. The second-order valence-corrected chi connectivity index (χ2v) is 10.7. The van der Waals surface area contributed by atoms with Crippen LogP contribution in [0.4, 0.5) is 10.5 Å². The molecule has 1 aliphatic heterocycles. The van der Waals surface area contributed by atoms with E-state index in [0.717, 1.165) is 9.80 Å². The summed E-state index contributed by atoms with van der Waals surface area (Å²) < 4.78 is 0. The van der Waals surface area contributed by atoms with E-state index in [4.69, 9.17) is 34.5 Å². The van der Waals surface area contributed by atoms with Gasteiger partial charge in [0.1, 0.15) is 0 Å². The van der Waals surface area contributed by atoms with Crippen molar-refractivity contribution in [3.63, 3.8) is 0 Å². The summed E-state index contributed by atoms with van der Waals surface area (Å²) in [5, 5.41) is 0.399. The zero-order valence-corrected chi connectivity index (χ0v) is 23.5. The van der Waals surface area contributed by atoms with Gasteiger partial charge >= 0.3 is 6.03 Å². The normalized spacial score (nSPS) is 19.0. The number of carbonyl (C=O) groups is 5. The van der Waals surface area contributed by atoms with E-state index in [0.29, 0.717) is 21.8 Å². The molecule has 3 aromatic rings. The summed E-state index contributed by atoms with van der Waals surface area (Å²) in [7, 11) is 1.38. The maximum absolute atomic E-state index is 14.3. The summed E-state index contributed by atoms with van der Waals surface area (Å²) in [6.07, 6.45) is -0.0381. The van der Waals surface area contributed by atoms with Gasteiger partial charge in [0.05, 0.1) is 0 Å². The Kier molecular flexibility index (Phi) is 8.26. The second kappa shape index (κ2) is 11.5. The number of anilines is 1. The molecule has 4 rings (SSSR count). The number of hydrogen-bond donors (Lipinski definition) is 4. The van der Waals surface area contributed by atoms with Crippen LogP contribution < -0.4 is 27.8 Å². The Morgan fingerprint density at radius 1 is 0.786 bits per heavy atom. The average molecular weight is 591 g/mol. The molecule has 1 heterocycles. The van der Waals surface area contributed by atoms with Crippen molar-refractivity contribution in [1.29, 1.82) is 0 Å². The molecular weight excluding hydrogens is 560 g/mol. The molecule has 2 unspecified atom stereocenters. The zero-order chi connectivity index (χ0) is 30.8. The van der Waals surface area contributed by atoms with Gasteiger partial charge < -0.3 is 22.9 Å². The van der Waals surface area contributed by atoms with E-state index < -0.39 is 52.4 Å². The Bertz CT molecular complexity index is 1490. The van der Waals surface area contributed by atoms with Crippen LogP contribution in [0, 0.1) is 11.3 Å². The van der Waals surface area contributed by atoms with Crippen LogP contribution >= 0.6 is 11.6 Å². The number of nitrogens with zero attached hydrogens (tertiary/aromatic N) is 2. The highest BCUT2D eigenvalue weighted by Gasteiger charge is 2.77. The number of hydrogen-bond acceptors (Lipinski definition) is 5. The van der Waals surface area contributed by atoms with Crippen molar-refractivity contribution in [2.24, 2.45) is 34.3 Å². The number of halogens is 1. The van der Waals surface area contributed by atoms with Gasteiger partial charge in [-0.05, 0) is 47.7 Å². The predicted molar refractivity (Wildman–Crippen MR) is 157 cm³/mol. The van der Waals surface area contributed by atoms with Crippen LogP contribution in [0.15, 0.2) is 84.9 Å². The van der Waals surface area contributed by atoms with Crippen LogP contribution in [0.1, 0.15) is 17.0 Å². The Morgan fingerprint density at radius 2 is 1.29 bits per heavy atom. The molecule has 1 fully saturated rings. The largest absolute Gasteiger partial charge is 0.369 e. The van der Waals surface area contributed by atoms with E-state index in [1.54, 1.807) is 60.7 Å². The fourth-order valence-electron chi connectivity index (χ4n) is 6.24. The van der Waals surface area contributed by atoms with Gasteiger partial charge in [-0.25, -0.2) is 4.79 Å². The van der Waals surface area contributed by atoms with Crippen molar-refractivity contribution in [3.05, 3.63) is 101 Å². The maximum atomic E-state index is 14.3. The maximum Gasteiger partial charge on any atom is 0.325 e. The summed E-state index contributed by atoms with van der Waals surface area (Å²) in [4.78, 5) is 70.7. The average Bonchev–Trinajstić information content (AvgIpc) is 2.96. The molecule has 0 saturated carbocycles. The van der Waals surface area contributed by atoms with E-state index in [2.05, 4.69) is 0 Å². The number of piperidine rings is 1. The molecule has 0 aromatic heterocycles. The Balaban J connectivity index is 2.07. The van der Waals surface area contributed by atoms with Gasteiger partial charge in [-0.3, -0.25) is 29.0 Å². The van der Waals surface area contributed by atoms with Crippen LogP contribution in [0.5, 0.6) is 0 Å². The van der Waals surface area contributed by atoms with Crippen molar-refractivity contribution in [2.45, 2.75) is 17.9 Å². The minimum absolute atomic E-state index is 0.0381. The first-order chi connectivity index (χ1) is 19.9. The molecule has 11 nitrogen and oxygen atoms in total. The van der Waals surface area contributed by atoms with E-state index in [1.807, 2.05) is 0 Å². The van der Waals surface area contributed by atoms with Gasteiger partial charge in [0.15, 0.2) is 5.41 Å². The summed E-state index contributed by atoms with van der Waals surface area (Å²) in [5.74, 6) is -7.92. The summed E-state index contributed by atoms with van der Waals surface area (Å²) in [6.45, 7) is -0.341. The molecule has 8 N–H and O–H groups in total. The molecule has 0 aliphatic carbocycles. The minimum Gasteiger partial charge on any atom is -0.369 e. The number of nitrogens with two attached hydrogens (primary N) is 4. The monoisotopic (exact) mass is 590 g/mol. The van der Waals surface area contributed by atoms with Gasteiger partial charge in [0.25, 0.3) is 11.8 Å². The Labute approximate surface area is 247 Å². The molecule has 42 heavy (non-hydrogen) atoms. The fourth-order valence-corrected chi connectivity index (χ4v) is 6.37. The highest BCUT2D eigenvalue weighted by atomic mass is 35.5. The fraction of sp³-hybridized carbons (Fsp3) is 0.233. The predicted octanol–water partition coefficient (Wildman–Crippen LogP) is 1.52. The molecule has 6 amide bonds. The molecule has 1 saturated heterocycles. The molecular formula is C30H31ClN6O5. The standard InChI is InChI=1S/C30H31ClN6O5/c1-36(21-14-12-20(31)13-15-21)28(42)37-17-22(19-10-6-3-7-11-19)23(16-18-8-4-2-5-9-18)29(24(32)38,25(33)39)30(37,26(34)40)27(35)41/h2-15,22-23H,16-17H2,1H3,(H2,32,38)(H2,33,39)(H2,34,40)(H2,35,41). The lowest BCUT2D eigenvalue weighted by molar-refractivity contribution is -0.178. The van der Waals surface area contributed by atoms with Crippen LogP contribution in [0.3, 0.4) is 0 Å². The van der Waals surface area contributed by atoms with Crippen molar-refractivity contribution >= 4 is 46.9 Å². The van der Waals surface area contributed by atoms with Crippen LogP contribution in [0.2, 0.25) is 5.02 Å². The zero-order valence-electron chi connectivity index (χ0n) is 22.8. The van der Waals surface area contributed by atoms with E-state index in [-0.39, 0.29) is 13.0 Å². The number of primary amides is 4. The van der Waals surface area contributed by atoms with E-state index in [1.165, 1.54) is 31.3 Å². The molecule has 218 valence electrons. The van der Waals surface area contributed by atoms with Crippen molar-refractivity contribution < 1.29 is 24.0 Å². The van der Waals surface area contributed by atoms with E-state index >= 15 is 0 Å². The van der Waals surface area contributed by atoms with Crippen molar-refractivity contribution in [3.8, 4) is 0 Å². The molecule has 0 radical (unpaired) electrons. The van der Waals surface area contributed by atoms with Crippen molar-refractivity contribution in [2.75, 3.05) is 18.5 Å². The van der Waals surface area contributed by atoms with Gasteiger partial charge in [-0.15, -0.1) is 0 Å². The van der Waals surface area contributed by atoms with Gasteiger partial charge in [-0.1, -0.05) is 72.3 Å². The summed E-state index contributed by atoms with van der Waals surface area (Å²) in [5.41, 5.74) is 19.4. The van der Waals surface area contributed by atoms with Gasteiger partial charge in [0, 0.05) is 30.2 Å². The first-order valence-corrected chi connectivity index (χ1v) is 13.4. The van der Waals surface area contributed by atoms with Crippen LogP contribution in [-0.2, 0) is 25.6 Å². The third-order valence-electron chi connectivity index (χ3n) is 8.15. The minimum atomic E-state index is -3.06. The lowest BCUT2D eigenvalue weighted by Crippen LogP contribution is -2.85. The first kappa shape index (κ1) is 30.1. The number of benzene rings is 3. The summed E-state index contributed by atoms with van der Waals surface area (Å²) in [6, 6.07) is 22.7. The SMILES string of the molecule is CN(C(=O)N1CC(c2ccccc2)C(Cc2ccccc2)C(C(N)=O)(C(N)=O)C1(C(N)=O)C(N)=O)c1ccc(Cl)cc1. The molecule has 12 heteroatoms. The smallest absolute Gasteiger partial charge is 0.325 e. The third-order valence-corrected chi connectivity index (χ3v) is 8.40. The van der Waals surface area contributed by atoms with Gasteiger partial charge in [0.2, 0.25) is 17.4 Å². The lowest BCUT2D eigenvalue weighted by atomic mass is 9.51. The molecule has 0 spiro atoms. The van der Waals surface area contributed by atoms with Crippen LogP contribution in [0.25, 0.3) is 0 Å². The summed E-state index contributed by atoms with van der Waals surface area (Å²) >= 11 is 6.01. The highest BCUT2D eigenvalue weighted by Crippen LogP contribution is 2.54. The quantitative estimate of drug-likeness (QED) is 0.288. The second-order valence-electron chi connectivity index (χ2n) is 10.2. The highest BCUT2D eigenvalue weighted by molar-refractivity contribution is 6.30. The number of urea groups is 1. The van der Waals surface area contributed by atoms with Gasteiger partial charge in [-0.2, -0.15) is 0 Å². The topological polar surface area (TPSA) is 196 Å². The number of likely N-dealkylation sites (tertiary alicyclic amines) is 1. The number of amides is 6. The Hall–Kier alpha value is -4.90. The molecule has 0 bridgehead atoms. The third kappa shape index (κ3) is 4.61. The molecule has 3 aromatic carbocycles. The molecule has 1 aliphatic rings. The van der Waals surface area contributed by atoms with E-state index in [9.17, 15) is 24.0 Å². The number of rotatable bonds is 8. The lowest BCUT2D eigenvalue weighted by Gasteiger charge is -2.58. The molecule has 2 atom stereocenters. The van der Waals surface area contributed by atoms with Crippen LogP contribution in [-0.4, -0.2) is 53.7 Å². The number of carbonyl (C=O) groups excluding carboxylic acids is 5. The Morgan fingerprint density at radius 3 is 1.76 bits per heavy atom.